The zero-order valence-corrected chi connectivity index (χ0v) is 30.2. The summed E-state index contributed by atoms with van der Waals surface area (Å²) in [7, 11) is 0. The molecule has 2 aromatic carbocycles. The van der Waals surface area contributed by atoms with E-state index in [2.05, 4.69) is 69.0 Å². The van der Waals surface area contributed by atoms with Crippen molar-refractivity contribution in [1.82, 2.24) is 35.6 Å². The summed E-state index contributed by atoms with van der Waals surface area (Å²) >= 11 is 0. The van der Waals surface area contributed by atoms with Gasteiger partial charge in [0.2, 0.25) is 5.88 Å². The second-order valence-corrected chi connectivity index (χ2v) is 14.9. The first-order valence-corrected chi connectivity index (χ1v) is 19.0. The first kappa shape index (κ1) is 35.8. The third-order valence-electron chi connectivity index (χ3n) is 10.5. The van der Waals surface area contributed by atoms with Gasteiger partial charge in [0.1, 0.15) is 22.8 Å². The number of nitrogens with one attached hydrogen (secondary N) is 3. The highest BCUT2D eigenvalue weighted by molar-refractivity contribution is 5.96. The Hall–Kier alpha value is -4.61. The summed E-state index contributed by atoms with van der Waals surface area (Å²) in [5, 5.41) is 14.3. The molecule has 4 aromatic rings. The third kappa shape index (κ3) is 9.05. The number of aryl methyl sites for hydroxylation is 3. The molecule has 2 aliphatic heterocycles. The maximum Gasteiger partial charge on any atom is 0.272 e. The van der Waals surface area contributed by atoms with Gasteiger partial charge in [-0.05, 0) is 119 Å². The van der Waals surface area contributed by atoms with Gasteiger partial charge >= 0.3 is 0 Å². The van der Waals surface area contributed by atoms with Crippen LogP contribution in [0, 0.1) is 5.82 Å². The van der Waals surface area contributed by atoms with Crippen LogP contribution in [0.25, 0.3) is 11.1 Å². The van der Waals surface area contributed by atoms with Crippen molar-refractivity contribution in [2.45, 2.75) is 102 Å². The Morgan fingerprint density at radius 1 is 0.904 bits per heavy atom. The lowest BCUT2D eigenvalue weighted by Crippen LogP contribution is -2.54. The van der Waals surface area contributed by atoms with Gasteiger partial charge in [0.25, 0.3) is 11.8 Å². The van der Waals surface area contributed by atoms with E-state index in [1.807, 2.05) is 35.0 Å². The van der Waals surface area contributed by atoms with Gasteiger partial charge < -0.3 is 25.6 Å². The molecule has 7 rings (SSSR count). The standard InChI is InChI=1S/C41H50FN7O3/c1-27-25-48(26-28(2)44-27)18-7-9-29-8-5-10-30(20-29)31-11-6-13-36(21-31)52-41-37(22-32(42)24-43-41)39(50)45-33-14-16-34(17-15-33)46-40(51)38-23-35-12-3-4-19-49(35)47-38/h5-6,8,10-11,13,20-24,27-28,33-34,44H,3-4,7,9,12,14-19,25-26H2,1-2H3,(H,45,50)(H,46,51)/t27-,28+,33-,34-. The number of nitrogens with zero attached hydrogens (tertiary/aromatic N) is 4. The van der Waals surface area contributed by atoms with Crippen LogP contribution in [0.2, 0.25) is 0 Å². The molecule has 2 fully saturated rings. The number of piperazine rings is 1. The minimum Gasteiger partial charge on any atom is -0.438 e. The van der Waals surface area contributed by atoms with E-state index in [1.165, 1.54) is 11.6 Å². The van der Waals surface area contributed by atoms with Crippen molar-refractivity contribution in [2.24, 2.45) is 0 Å². The molecule has 2 amide bonds. The van der Waals surface area contributed by atoms with Crippen LogP contribution in [-0.4, -0.2) is 75.3 Å². The summed E-state index contributed by atoms with van der Waals surface area (Å²) < 4.78 is 22.5. The summed E-state index contributed by atoms with van der Waals surface area (Å²) in [5.41, 5.74) is 4.97. The summed E-state index contributed by atoms with van der Waals surface area (Å²) in [6.45, 7) is 8.60. The molecular formula is C41H50FN7O3. The molecule has 0 spiro atoms. The number of rotatable bonds is 11. The number of pyridine rings is 1. The van der Waals surface area contributed by atoms with E-state index in [1.54, 1.807) is 0 Å². The van der Waals surface area contributed by atoms with E-state index in [0.717, 1.165) is 94.1 Å². The average molecular weight is 708 g/mol. The van der Waals surface area contributed by atoms with Crippen molar-refractivity contribution < 1.29 is 18.7 Å². The van der Waals surface area contributed by atoms with Crippen molar-refractivity contribution in [3.05, 3.63) is 95.2 Å². The fourth-order valence-electron chi connectivity index (χ4n) is 7.99. The molecule has 52 heavy (non-hydrogen) atoms. The van der Waals surface area contributed by atoms with E-state index in [4.69, 9.17) is 4.74 Å². The molecule has 1 aliphatic carbocycles. The number of carbonyl (C=O) groups excluding carboxylic acids is 2. The van der Waals surface area contributed by atoms with Crippen LogP contribution < -0.4 is 20.7 Å². The average Bonchev–Trinajstić information content (AvgIpc) is 3.58. The van der Waals surface area contributed by atoms with Crippen LogP contribution in [0.4, 0.5) is 4.39 Å². The maximum atomic E-state index is 14.4. The third-order valence-corrected chi connectivity index (χ3v) is 10.5. The molecular weight excluding hydrogens is 657 g/mol. The summed E-state index contributed by atoms with van der Waals surface area (Å²) in [6.07, 6.45) is 9.13. The number of fused-ring (bicyclic) bond motifs is 1. The lowest BCUT2D eigenvalue weighted by Gasteiger charge is -2.36. The molecule has 4 heterocycles. The Labute approximate surface area is 305 Å². The van der Waals surface area contributed by atoms with E-state index in [9.17, 15) is 14.0 Å². The van der Waals surface area contributed by atoms with Gasteiger partial charge in [0, 0.05) is 49.5 Å². The number of aromatic nitrogens is 3. The summed E-state index contributed by atoms with van der Waals surface area (Å²) in [5.74, 6) is -0.648. The summed E-state index contributed by atoms with van der Waals surface area (Å²) in [6, 6.07) is 20.2. The largest absolute Gasteiger partial charge is 0.438 e. The monoisotopic (exact) mass is 707 g/mol. The van der Waals surface area contributed by atoms with Gasteiger partial charge in [-0.25, -0.2) is 9.37 Å². The van der Waals surface area contributed by atoms with Gasteiger partial charge in [-0.1, -0.05) is 36.4 Å². The minimum absolute atomic E-state index is 0.00671. The molecule has 0 radical (unpaired) electrons. The van der Waals surface area contributed by atoms with Crippen molar-refractivity contribution in [2.75, 3.05) is 19.6 Å². The predicted molar refractivity (Wildman–Crippen MR) is 199 cm³/mol. The first-order chi connectivity index (χ1) is 25.3. The van der Waals surface area contributed by atoms with Crippen molar-refractivity contribution in [3.63, 3.8) is 0 Å². The van der Waals surface area contributed by atoms with Crippen LogP contribution in [0.3, 0.4) is 0 Å². The number of halogens is 1. The zero-order chi connectivity index (χ0) is 36.0. The Morgan fingerprint density at radius 2 is 1.62 bits per heavy atom. The lowest BCUT2D eigenvalue weighted by molar-refractivity contribution is 0.0887. The number of carbonyl (C=O) groups is 2. The van der Waals surface area contributed by atoms with E-state index in [0.29, 0.717) is 36.4 Å². The fourth-order valence-corrected chi connectivity index (χ4v) is 7.99. The van der Waals surface area contributed by atoms with E-state index >= 15 is 0 Å². The molecule has 3 N–H and O–H groups in total. The van der Waals surface area contributed by atoms with Crippen LogP contribution in [0.1, 0.15) is 90.9 Å². The predicted octanol–water partition coefficient (Wildman–Crippen LogP) is 6.30. The Morgan fingerprint density at radius 3 is 2.37 bits per heavy atom. The topological polar surface area (TPSA) is 113 Å². The van der Waals surface area contributed by atoms with Gasteiger partial charge in [-0.15, -0.1) is 0 Å². The summed E-state index contributed by atoms with van der Waals surface area (Å²) in [4.78, 5) is 33.1. The number of amides is 2. The number of hydrogen-bond acceptors (Lipinski definition) is 7. The van der Waals surface area contributed by atoms with Crippen molar-refractivity contribution in [3.8, 4) is 22.8 Å². The highest BCUT2D eigenvalue weighted by Gasteiger charge is 2.27. The van der Waals surface area contributed by atoms with Gasteiger partial charge in [-0.3, -0.25) is 14.3 Å². The molecule has 1 saturated heterocycles. The Bertz CT molecular complexity index is 1840. The Kier molecular flexibility index (Phi) is 11.3. The van der Waals surface area contributed by atoms with Crippen LogP contribution >= 0.6 is 0 Å². The second kappa shape index (κ2) is 16.4. The first-order valence-electron chi connectivity index (χ1n) is 19.0. The van der Waals surface area contributed by atoms with Crippen LogP contribution in [0.5, 0.6) is 11.6 Å². The van der Waals surface area contributed by atoms with Crippen molar-refractivity contribution >= 4 is 11.8 Å². The molecule has 3 aliphatic rings. The number of benzene rings is 2. The highest BCUT2D eigenvalue weighted by atomic mass is 19.1. The van der Waals surface area contributed by atoms with Crippen LogP contribution in [0.15, 0.2) is 66.9 Å². The normalized spacial score (nSPS) is 22.0. The SMILES string of the molecule is C[C@@H]1CN(CCCc2cccc(-c3cccc(Oc4ncc(F)cc4C(=O)N[C@H]4CC[C@H](NC(=O)c5cc6n(n5)CCCC6)CC4)c3)c2)C[C@H](C)N1. The molecule has 2 atom stereocenters. The lowest BCUT2D eigenvalue weighted by atomic mass is 9.91. The molecule has 11 heteroatoms. The minimum atomic E-state index is -0.614. The molecule has 0 bridgehead atoms. The number of hydrogen-bond donors (Lipinski definition) is 3. The molecule has 2 aromatic heterocycles. The molecule has 0 unspecified atom stereocenters. The van der Waals surface area contributed by atoms with Gasteiger partial charge in [-0.2, -0.15) is 5.10 Å². The van der Waals surface area contributed by atoms with Gasteiger partial charge in [0.15, 0.2) is 0 Å². The maximum absolute atomic E-state index is 14.4. The smallest absolute Gasteiger partial charge is 0.272 e. The number of ether oxygens (including phenoxy) is 1. The molecule has 274 valence electrons. The quantitative estimate of drug-likeness (QED) is 0.168. The van der Waals surface area contributed by atoms with E-state index in [-0.39, 0.29) is 29.4 Å². The molecule has 10 nitrogen and oxygen atoms in total. The van der Waals surface area contributed by atoms with E-state index < -0.39 is 11.7 Å². The fraction of sp³-hybridized carbons (Fsp3) is 0.463. The second-order valence-electron chi connectivity index (χ2n) is 14.9. The van der Waals surface area contributed by atoms with Crippen LogP contribution in [-0.2, 0) is 19.4 Å². The highest BCUT2D eigenvalue weighted by Crippen LogP contribution is 2.30. The molecule has 1 saturated carbocycles. The van der Waals surface area contributed by atoms with Crippen molar-refractivity contribution in [1.29, 1.82) is 0 Å². The van der Waals surface area contributed by atoms with Gasteiger partial charge in [0.05, 0.1) is 6.20 Å². The zero-order valence-electron chi connectivity index (χ0n) is 30.2. The Balaban J connectivity index is 0.935.